The van der Waals surface area contributed by atoms with Crippen LogP contribution in [0.2, 0.25) is 0 Å². The molecule has 0 atom stereocenters. The van der Waals surface area contributed by atoms with Crippen molar-refractivity contribution in [1.82, 2.24) is 5.32 Å². The van der Waals surface area contributed by atoms with Crippen molar-refractivity contribution >= 4 is 11.6 Å². The highest BCUT2D eigenvalue weighted by molar-refractivity contribution is 5.75. The van der Waals surface area contributed by atoms with Gasteiger partial charge in [-0.1, -0.05) is 25.5 Å². The Hall–Kier alpha value is -1.51. The summed E-state index contributed by atoms with van der Waals surface area (Å²) in [5, 5.41) is 2.94. The molecule has 0 bridgehead atoms. The van der Waals surface area contributed by atoms with Crippen molar-refractivity contribution in [1.29, 1.82) is 0 Å². The fourth-order valence-electron chi connectivity index (χ4n) is 1.57. The molecule has 0 heterocycles. The van der Waals surface area contributed by atoms with Crippen molar-refractivity contribution in [3.05, 3.63) is 29.8 Å². The van der Waals surface area contributed by atoms with E-state index in [1.54, 1.807) is 0 Å². The largest absolute Gasteiger partial charge is 0.378 e. The summed E-state index contributed by atoms with van der Waals surface area (Å²) >= 11 is 0. The first-order valence-electron chi connectivity index (χ1n) is 6.16. The van der Waals surface area contributed by atoms with Crippen molar-refractivity contribution in [2.75, 3.05) is 19.0 Å². The van der Waals surface area contributed by atoms with Crippen molar-refractivity contribution in [2.45, 2.75) is 32.7 Å². The van der Waals surface area contributed by atoms with E-state index in [2.05, 4.69) is 29.3 Å². The number of amides is 1. The molecule has 1 rings (SSSR count). The lowest BCUT2D eigenvalue weighted by Gasteiger charge is -2.13. The first-order valence-corrected chi connectivity index (χ1v) is 6.16. The summed E-state index contributed by atoms with van der Waals surface area (Å²) in [4.78, 5) is 13.5. The van der Waals surface area contributed by atoms with E-state index >= 15 is 0 Å². The predicted molar refractivity (Wildman–Crippen MR) is 72.1 cm³/mol. The van der Waals surface area contributed by atoms with Gasteiger partial charge in [-0.2, -0.15) is 0 Å². The molecule has 3 heteroatoms. The maximum absolute atomic E-state index is 11.5. The molecule has 0 saturated carbocycles. The van der Waals surface area contributed by atoms with E-state index in [-0.39, 0.29) is 5.91 Å². The van der Waals surface area contributed by atoms with Crippen LogP contribution in [0, 0.1) is 0 Å². The second-order valence-electron chi connectivity index (χ2n) is 4.44. The number of rotatable bonds is 6. The molecule has 1 aromatic rings. The van der Waals surface area contributed by atoms with Crippen LogP contribution in [0.3, 0.4) is 0 Å². The van der Waals surface area contributed by atoms with E-state index in [0.29, 0.717) is 13.0 Å². The molecule has 1 N–H and O–H groups in total. The van der Waals surface area contributed by atoms with Crippen LogP contribution in [0.15, 0.2) is 24.3 Å². The van der Waals surface area contributed by atoms with Gasteiger partial charge in [-0.25, -0.2) is 0 Å². The molecule has 0 fully saturated rings. The minimum absolute atomic E-state index is 0.141. The van der Waals surface area contributed by atoms with E-state index < -0.39 is 0 Å². The van der Waals surface area contributed by atoms with Gasteiger partial charge in [0.25, 0.3) is 0 Å². The lowest BCUT2D eigenvalue weighted by atomic mass is 10.2. The first-order chi connectivity index (χ1) is 8.13. The Kier molecular flexibility index (Phi) is 5.53. The molecule has 0 aliphatic carbocycles. The summed E-state index contributed by atoms with van der Waals surface area (Å²) in [6.45, 7) is 2.71. The number of carbonyl (C=O) groups is 1. The normalized spacial score (nSPS) is 10.1. The van der Waals surface area contributed by atoms with Crippen LogP contribution in [0.25, 0.3) is 0 Å². The zero-order valence-corrected chi connectivity index (χ0v) is 11.0. The Morgan fingerprint density at radius 1 is 1.35 bits per heavy atom. The molecule has 0 aromatic heterocycles. The van der Waals surface area contributed by atoms with E-state index in [1.807, 2.05) is 26.2 Å². The number of carbonyl (C=O) groups excluding carboxylic acids is 1. The summed E-state index contributed by atoms with van der Waals surface area (Å²) in [6, 6.07) is 8.21. The molecular formula is C14H22N2O. The second kappa shape index (κ2) is 6.94. The summed E-state index contributed by atoms with van der Waals surface area (Å²) in [5.74, 6) is 0.141. The van der Waals surface area contributed by atoms with Gasteiger partial charge in [-0.15, -0.1) is 0 Å². The van der Waals surface area contributed by atoms with Gasteiger partial charge >= 0.3 is 0 Å². The molecular weight excluding hydrogens is 212 g/mol. The van der Waals surface area contributed by atoms with Crippen molar-refractivity contribution in [3.63, 3.8) is 0 Å². The fraction of sp³-hybridized carbons (Fsp3) is 0.500. The number of anilines is 1. The van der Waals surface area contributed by atoms with E-state index in [9.17, 15) is 4.79 Å². The van der Waals surface area contributed by atoms with Crippen LogP contribution in [0.5, 0.6) is 0 Å². The molecule has 17 heavy (non-hydrogen) atoms. The number of benzene rings is 1. The summed E-state index contributed by atoms with van der Waals surface area (Å²) in [6.07, 6.45) is 2.65. The SMILES string of the molecule is CCCCC(=O)NCc1cccc(N(C)C)c1. The topological polar surface area (TPSA) is 32.3 Å². The first kappa shape index (κ1) is 13.6. The van der Waals surface area contributed by atoms with E-state index in [1.165, 1.54) is 0 Å². The third-order valence-corrected chi connectivity index (χ3v) is 2.67. The number of nitrogens with one attached hydrogen (secondary N) is 1. The molecule has 0 aliphatic heterocycles. The maximum atomic E-state index is 11.5. The fourth-order valence-corrected chi connectivity index (χ4v) is 1.57. The Labute approximate surface area is 104 Å². The van der Waals surface area contributed by atoms with Gasteiger partial charge in [-0.05, 0) is 24.1 Å². The highest BCUT2D eigenvalue weighted by Gasteiger charge is 2.01. The number of unbranched alkanes of at least 4 members (excludes halogenated alkanes) is 1. The third-order valence-electron chi connectivity index (χ3n) is 2.67. The number of nitrogens with zero attached hydrogens (tertiary/aromatic N) is 1. The molecule has 0 saturated heterocycles. The van der Waals surface area contributed by atoms with Gasteiger partial charge < -0.3 is 10.2 Å². The lowest BCUT2D eigenvalue weighted by molar-refractivity contribution is -0.121. The van der Waals surface area contributed by atoms with Crippen molar-refractivity contribution < 1.29 is 4.79 Å². The van der Waals surface area contributed by atoms with Gasteiger partial charge in [0, 0.05) is 32.7 Å². The molecule has 0 spiro atoms. The molecule has 94 valence electrons. The average Bonchev–Trinajstić information content (AvgIpc) is 2.34. The zero-order chi connectivity index (χ0) is 12.7. The average molecular weight is 234 g/mol. The predicted octanol–water partition coefficient (Wildman–Crippen LogP) is 2.56. The third kappa shape index (κ3) is 4.89. The number of hydrogen-bond acceptors (Lipinski definition) is 2. The van der Waals surface area contributed by atoms with Crippen LogP contribution in [0.1, 0.15) is 31.7 Å². The minimum Gasteiger partial charge on any atom is -0.378 e. The Balaban J connectivity index is 2.46. The lowest BCUT2D eigenvalue weighted by Crippen LogP contribution is -2.22. The Bertz CT molecular complexity index is 361. The smallest absolute Gasteiger partial charge is 0.220 e. The summed E-state index contributed by atoms with van der Waals surface area (Å²) < 4.78 is 0. The minimum atomic E-state index is 0.141. The Morgan fingerprint density at radius 3 is 2.76 bits per heavy atom. The molecule has 0 unspecified atom stereocenters. The van der Waals surface area contributed by atoms with Gasteiger partial charge in [0.15, 0.2) is 0 Å². The second-order valence-corrected chi connectivity index (χ2v) is 4.44. The van der Waals surface area contributed by atoms with Crippen LogP contribution < -0.4 is 10.2 Å². The highest BCUT2D eigenvalue weighted by atomic mass is 16.1. The van der Waals surface area contributed by atoms with Gasteiger partial charge in [0.2, 0.25) is 5.91 Å². The highest BCUT2D eigenvalue weighted by Crippen LogP contribution is 2.13. The molecule has 3 nitrogen and oxygen atoms in total. The molecule has 0 aliphatic rings. The van der Waals surface area contributed by atoms with E-state index in [4.69, 9.17) is 0 Å². The quantitative estimate of drug-likeness (QED) is 0.820. The molecule has 1 aromatic carbocycles. The van der Waals surface area contributed by atoms with Gasteiger partial charge in [0.05, 0.1) is 0 Å². The maximum Gasteiger partial charge on any atom is 0.220 e. The summed E-state index contributed by atoms with van der Waals surface area (Å²) in [7, 11) is 4.03. The van der Waals surface area contributed by atoms with Gasteiger partial charge in [-0.3, -0.25) is 4.79 Å². The van der Waals surface area contributed by atoms with Crippen LogP contribution >= 0.6 is 0 Å². The van der Waals surface area contributed by atoms with Crippen molar-refractivity contribution in [2.24, 2.45) is 0 Å². The van der Waals surface area contributed by atoms with Crippen molar-refractivity contribution in [3.8, 4) is 0 Å². The van der Waals surface area contributed by atoms with Gasteiger partial charge in [0.1, 0.15) is 0 Å². The van der Waals surface area contributed by atoms with E-state index in [0.717, 1.165) is 24.1 Å². The molecule has 0 radical (unpaired) electrons. The monoisotopic (exact) mass is 234 g/mol. The molecule has 1 amide bonds. The Morgan fingerprint density at radius 2 is 2.12 bits per heavy atom. The van der Waals surface area contributed by atoms with Crippen LogP contribution in [-0.2, 0) is 11.3 Å². The standard InChI is InChI=1S/C14H22N2O/c1-4-5-9-14(17)15-11-12-7-6-8-13(10-12)16(2)3/h6-8,10H,4-5,9,11H2,1-3H3,(H,15,17). The summed E-state index contributed by atoms with van der Waals surface area (Å²) in [5.41, 5.74) is 2.30. The van der Waals surface area contributed by atoms with Crippen LogP contribution in [-0.4, -0.2) is 20.0 Å². The van der Waals surface area contributed by atoms with Crippen LogP contribution in [0.4, 0.5) is 5.69 Å². The number of hydrogen-bond donors (Lipinski definition) is 1. The zero-order valence-electron chi connectivity index (χ0n) is 11.0.